The molecule has 0 atom stereocenters. The fourth-order valence-corrected chi connectivity index (χ4v) is 2.32. The molecule has 0 aliphatic heterocycles. The van der Waals surface area contributed by atoms with Crippen molar-refractivity contribution in [1.82, 2.24) is 0 Å². The molecule has 0 spiro atoms. The van der Waals surface area contributed by atoms with Crippen LogP contribution in [0.4, 0.5) is 11.4 Å². The highest BCUT2D eigenvalue weighted by Gasteiger charge is 2.13. The van der Waals surface area contributed by atoms with Crippen LogP contribution in [-0.4, -0.2) is 17.0 Å². The zero-order valence-electron chi connectivity index (χ0n) is 11.2. The van der Waals surface area contributed by atoms with Crippen molar-refractivity contribution in [3.05, 3.63) is 57.6 Å². The van der Waals surface area contributed by atoms with Crippen LogP contribution in [0.3, 0.4) is 0 Å². The van der Waals surface area contributed by atoms with E-state index in [1.165, 1.54) is 18.2 Å². The number of anilines is 2. The zero-order valence-corrected chi connectivity index (χ0v) is 12.8. The Kier molecular flexibility index (Phi) is 4.28. The molecule has 1 amide bonds. The van der Waals surface area contributed by atoms with Gasteiger partial charge in [0.15, 0.2) is 0 Å². The summed E-state index contributed by atoms with van der Waals surface area (Å²) in [5, 5.41) is 11.6. The minimum Gasteiger partial charge on any atom is -0.478 e. The second kappa shape index (κ2) is 5.97. The fourth-order valence-electron chi connectivity index (χ4n) is 1.84. The summed E-state index contributed by atoms with van der Waals surface area (Å²) in [6.07, 6.45) is 0. The Morgan fingerprint density at radius 1 is 1.24 bits per heavy atom. The summed E-state index contributed by atoms with van der Waals surface area (Å²) in [6.45, 7) is 1.77. The first-order valence-corrected chi connectivity index (χ1v) is 6.88. The molecule has 0 fully saturated rings. The van der Waals surface area contributed by atoms with Crippen LogP contribution in [0.25, 0.3) is 0 Å². The van der Waals surface area contributed by atoms with Crippen molar-refractivity contribution in [3.63, 3.8) is 0 Å². The van der Waals surface area contributed by atoms with Crippen LogP contribution in [0.1, 0.15) is 26.3 Å². The normalized spacial score (nSPS) is 10.2. The van der Waals surface area contributed by atoms with Crippen molar-refractivity contribution in [2.24, 2.45) is 0 Å². The molecule has 4 N–H and O–H groups in total. The van der Waals surface area contributed by atoms with Gasteiger partial charge in [-0.05, 0) is 58.7 Å². The number of aromatic carboxylic acids is 1. The number of nitrogen functional groups attached to an aromatic ring is 1. The Morgan fingerprint density at radius 3 is 2.57 bits per heavy atom. The average molecular weight is 349 g/mol. The van der Waals surface area contributed by atoms with Gasteiger partial charge in [-0.2, -0.15) is 0 Å². The van der Waals surface area contributed by atoms with Crippen LogP contribution in [0.5, 0.6) is 0 Å². The summed E-state index contributed by atoms with van der Waals surface area (Å²) in [6, 6.07) is 9.51. The minimum absolute atomic E-state index is 0.139. The van der Waals surface area contributed by atoms with Crippen molar-refractivity contribution in [3.8, 4) is 0 Å². The molecule has 0 bridgehead atoms. The highest BCUT2D eigenvalue weighted by atomic mass is 79.9. The fraction of sp³-hybridized carbons (Fsp3) is 0.0667. The van der Waals surface area contributed by atoms with E-state index in [0.717, 1.165) is 0 Å². The molecule has 6 heteroatoms. The molecule has 0 aliphatic rings. The van der Waals surface area contributed by atoms with Crippen molar-refractivity contribution in [2.75, 3.05) is 11.1 Å². The van der Waals surface area contributed by atoms with Crippen molar-refractivity contribution >= 4 is 39.2 Å². The number of benzene rings is 2. The number of carbonyl (C=O) groups excluding carboxylic acids is 1. The highest BCUT2D eigenvalue weighted by Crippen LogP contribution is 2.25. The number of carbonyl (C=O) groups is 2. The zero-order chi connectivity index (χ0) is 15.6. The lowest BCUT2D eigenvalue weighted by molar-refractivity contribution is 0.0696. The Bertz CT molecular complexity index is 729. The van der Waals surface area contributed by atoms with Gasteiger partial charge in [-0.3, -0.25) is 4.79 Å². The third kappa shape index (κ3) is 3.22. The summed E-state index contributed by atoms with van der Waals surface area (Å²) < 4.78 is 0.498. The topological polar surface area (TPSA) is 92.4 Å². The van der Waals surface area contributed by atoms with E-state index in [-0.39, 0.29) is 11.5 Å². The lowest BCUT2D eigenvalue weighted by Gasteiger charge is -2.11. The summed E-state index contributed by atoms with van der Waals surface area (Å²) in [5.74, 6) is -1.33. The van der Waals surface area contributed by atoms with Crippen LogP contribution in [0.2, 0.25) is 0 Å². The average Bonchev–Trinajstić information content (AvgIpc) is 2.43. The van der Waals surface area contributed by atoms with Gasteiger partial charge in [0.25, 0.3) is 5.91 Å². The van der Waals surface area contributed by atoms with Gasteiger partial charge in [-0.25, -0.2) is 4.79 Å². The molecule has 0 heterocycles. The minimum atomic E-state index is -1.03. The van der Waals surface area contributed by atoms with Gasteiger partial charge in [-0.15, -0.1) is 0 Å². The van der Waals surface area contributed by atoms with Gasteiger partial charge >= 0.3 is 5.97 Å². The number of carboxylic acids is 1. The molecular formula is C15H13BrN2O3. The molecule has 0 radical (unpaired) electrons. The van der Waals surface area contributed by atoms with Crippen molar-refractivity contribution in [1.29, 1.82) is 0 Å². The van der Waals surface area contributed by atoms with E-state index in [1.807, 2.05) is 0 Å². The first-order chi connectivity index (χ1) is 9.90. The van der Waals surface area contributed by atoms with Gasteiger partial charge < -0.3 is 16.2 Å². The maximum atomic E-state index is 12.3. The van der Waals surface area contributed by atoms with Gasteiger partial charge in [0.05, 0.1) is 11.3 Å². The maximum absolute atomic E-state index is 12.3. The number of amides is 1. The van der Waals surface area contributed by atoms with Crippen molar-refractivity contribution < 1.29 is 14.7 Å². The molecule has 2 aromatic rings. The lowest BCUT2D eigenvalue weighted by Crippen LogP contribution is -2.14. The predicted octanol–water partition coefficient (Wildman–Crippen LogP) is 3.29. The largest absolute Gasteiger partial charge is 0.478 e. The molecule has 0 unspecified atom stereocenters. The molecule has 0 saturated carbocycles. The summed E-state index contributed by atoms with van der Waals surface area (Å²) in [7, 11) is 0. The lowest BCUT2D eigenvalue weighted by atomic mass is 10.1. The Morgan fingerprint density at radius 2 is 1.95 bits per heavy atom. The first-order valence-electron chi connectivity index (χ1n) is 6.09. The predicted molar refractivity (Wildman–Crippen MR) is 84.6 cm³/mol. The summed E-state index contributed by atoms with van der Waals surface area (Å²) in [4.78, 5) is 23.1. The number of nitrogens with one attached hydrogen (secondary N) is 1. The quantitative estimate of drug-likeness (QED) is 0.742. The molecule has 2 rings (SSSR count). The van der Waals surface area contributed by atoms with E-state index in [9.17, 15) is 9.59 Å². The highest BCUT2D eigenvalue weighted by molar-refractivity contribution is 9.10. The van der Waals surface area contributed by atoms with Crippen LogP contribution in [0, 0.1) is 6.92 Å². The number of rotatable bonds is 3. The molecule has 0 aromatic heterocycles. The van der Waals surface area contributed by atoms with E-state index in [0.29, 0.717) is 27.0 Å². The third-order valence-electron chi connectivity index (χ3n) is 3.08. The number of nitrogens with two attached hydrogens (primary N) is 1. The maximum Gasteiger partial charge on any atom is 0.335 e. The molecule has 2 aromatic carbocycles. The standard InChI is InChI=1S/C15H13BrN2O3/c1-8-10(3-2-4-12(8)17)14(19)18-13-6-5-9(15(20)21)7-11(13)16/h2-7H,17H2,1H3,(H,18,19)(H,20,21). The van der Waals surface area contributed by atoms with Crippen molar-refractivity contribution in [2.45, 2.75) is 6.92 Å². The van der Waals surface area contributed by atoms with Gasteiger partial charge in [0, 0.05) is 15.7 Å². The smallest absolute Gasteiger partial charge is 0.335 e. The second-order valence-electron chi connectivity index (χ2n) is 4.47. The van der Waals surface area contributed by atoms with Crippen LogP contribution >= 0.6 is 15.9 Å². The Hall–Kier alpha value is -2.34. The molecule has 0 aliphatic carbocycles. The Labute approximate surface area is 129 Å². The summed E-state index contributed by atoms with van der Waals surface area (Å²) in [5.41, 5.74) is 8.13. The second-order valence-corrected chi connectivity index (χ2v) is 5.33. The SMILES string of the molecule is Cc1c(N)cccc1C(=O)Nc1ccc(C(=O)O)cc1Br. The van der Waals surface area contributed by atoms with Crippen LogP contribution < -0.4 is 11.1 Å². The molecule has 21 heavy (non-hydrogen) atoms. The number of carboxylic acid groups (broad SMARTS) is 1. The molecule has 0 saturated heterocycles. The van der Waals surface area contributed by atoms with Gasteiger partial charge in [0.2, 0.25) is 0 Å². The molecule has 108 valence electrons. The first kappa shape index (κ1) is 15.1. The number of halogens is 1. The van der Waals surface area contributed by atoms with E-state index in [2.05, 4.69) is 21.2 Å². The monoisotopic (exact) mass is 348 g/mol. The molecule has 5 nitrogen and oxygen atoms in total. The van der Waals surface area contributed by atoms with Gasteiger partial charge in [-0.1, -0.05) is 6.07 Å². The molecular weight excluding hydrogens is 336 g/mol. The van der Waals surface area contributed by atoms with E-state index < -0.39 is 5.97 Å². The van der Waals surface area contributed by atoms with Crippen LogP contribution in [0.15, 0.2) is 40.9 Å². The third-order valence-corrected chi connectivity index (χ3v) is 3.74. The van der Waals surface area contributed by atoms with E-state index in [4.69, 9.17) is 10.8 Å². The van der Waals surface area contributed by atoms with E-state index >= 15 is 0 Å². The van der Waals surface area contributed by atoms with Gasteiger partial charge in [0.1, 0.15) is 0 Å². The number of hydrogen-bond donors (Lipinski definition) is 3. The summed E-state index contributed by atoms with van der Waals surface area (Å²) >= 11 is 3.25. The van der Waals surface area contributed by atoms with E-state index in [1.54, 1.807) is 25.1 Å². The van der Waals surface area contributed by atoms with Crippen LogP contribution in [-0.2, 0) is 0 Å². The Balaban J connectivity index is 2.28. The number of hydrogen-bond acceptors (Lipinski definition) is 3.